The number of nitriles is 1. The molecule has 23 heavy (non-hydrogen) atoms. The summed E-state index contributed by atoms with van der Waals surface area (Å²) in [4.78, 5) is 4.34. The van der Waals surface area contributed by atoms with Gasteiger partial charge in [-0.05, 0) is 11.6 Å². The number of pyridine rings is 1. The molecule has 0 amide bonds. The van der Waals surface area contributed by atoms with Crippen molar-refractivity contribution in [2.75, 3.05) is 20.0 Å². The second-order valence-corrected chi connectivity index (χ2v) is 4.95. The van der Waals surface area contributed by atoms with Gasteiger partial charge in [-0.3, -0.25) is 0 Å². The maximum Gasteiger partial charge on any atom is 0.162 e. The lowest BCUT2D eigenvalue weighted by atomic mass is 9.96. The van der Waals surface area contributed by atoms with Crippen LogP contribution in [0.25, 0.3) is 22.0 Å². The van der Waals surface area contributed by atoms with E-state index in [9.17, 15) is 5.26 Å². The first-order valence-corrected chi connectivity index (χ1v) is 7.00. The zero-order valence-corrected chi connectivity index (χ0v) is 12.8. The van der Waals surface area contributed by atoms with Crippen LogP contribution in [0.3, 0.4) is 0 Å². The Labute approximate surface area is 133 Å². The van der Waals surface area contributed by atoms with Crippen LogP contribution in [0.1, 0.15) is 5.56 Å². The molecule has 0 aliphatic rings. The zero-order valence-electron chi connectivity index (χ0n) is 12.8. The van der Waals surface area contributed by atoms with Gasteiger partial charge in [-0.25, -0.2) is 4.98 Å². The average Bonchev–Trinajstić information content (AvgIpc) is 2.60. The van der Waals surface area contributed by atoms with Crippen LogP contribution in [-0.2, 0) is 0 Å². The Bertz CT molecular complexity index is 915. The number of nitrogen functional groups attached to an aromatic ring is 1. The van der Waals surface area contributed by atoms with Crippen molar-refractivity contribution in [3.05, 3.63) is 48.0 Å². The first-order chi connectivity index (χ1) is 11.2. The van der Waals surface area contributed by atoms with Gasteiger partial charge in [-0.2, -0.15) is 5.26 Å². The largest absolute Gasteiger partial charge is 0.493 e. The number of hydrogen-bond acceptors (Lipinski definition) is 5. The molecule has 0 bridgehead atoms. The molecule has 0 aliphatic heterocycles. The normalized spacial score (nSPS) is 10.3. The number of fused-ring (bicyclic) bond motifs is 1. The Morgan fingerprint density at radius 1 is 1.04 bits per heavy atom. The van der Waals surface area contributed by atoms with Crippen molar-refractivity contribution in [3.8, 4) is 28.7 Å². The van der Waals surface area contributed by atoms with Gasteiger partial charge in [-0.1, -0.05) is 30.3 Å². The number of nitrogens with zero attached hydrogens (tertiary/aromatic N) is 2. The van der Waals surface area contributed by atoms with Gasteiger partial charge in [0.05, 0.1) is 19.7 Å². The lowest BCUT2D eigenvalue weighted by Gasteiger charge is -2.14. The molecule has 2 N–H and O–H groups in total. The molecule has 3 rings (SSSR count). The van der Waals surface area contributed by atoms with Crippen molar-refractivity contribution >= 4 is 16.7 Å². The molecule has 3 aromatic rings. The van der Waals surface area contributed by atoms with E-state index in [1.54, 1.807) is 20.3 Å². The average molecular weight is 305 g/mol. The number of methoxy groups -OCH3 is 2. The number of rotatable bonds is 3. The summed E-state index contributed by atoms with van der Waals surface area (Å²) >= 11 is 0. The summed E-state index contributed by atoms with van der Waals surface area (Å²) in [5.41, 5.74) is 8.65. The molecule has 1 aromatic heterocycles. The van der Waals surface area contributed by atoms with Crippen LogP contribution in [-0.4, -0.2) is 19.2 Å². The fraction of sp³-hybridized carbons (Fsp3) is 0.111. The summed E-state index contributed by atoms with van der Waals surface area (Å²) in [5.74, 6) is 1.34. The summed E-state index contributed by atoms with van der Waals surface area (Å²) in [5, 5.41) is 10.3. The molecule has 5 nitrogen and oxygen atoms in total. The smallest absolute Gasteiger partial charge is 0.162 e. The fourth-order valence-corrected chi connectivity index (χ4v) is 2.63. The van der Waals surface area contributed by atoms with Crippen LogP contribution in [0.2, 0.25) is 0 Å². The van der Waals surface area contributed by atoms with E-state index in [0.29, 0.717) is 22.6 Å². The quantitative estimate of drug-likeness (QED) is 0.802. The van der Waals surface area contributed by atoms with E-state index in [2.05, 4.69) is 11.1 Å². The maximum absolute atomic E-state index is 9.52. The number of hydrogen-bond donors (Lipinski definition) is 1. The highest BCUT2D eigenvalue weighted by Gasteiger charge is 2.17. The van der Waals surface area contributed by atoms with Gasteiger partial charge in [0.1, 0.15) is 17.5 Å². The Morgan fingerprint density at radius 2 is 1.70 bits per heavy atom. The van der Waals surface area contributed by atoms with Crippen molar-refractivity contribution < 1.29 is 9.47 Å². The highest BCUT2D eigenvalue weighted by atomic mass is 16.5. The summed E-state index contributed by atoms with van der Waals surface area (Å²) < 4.78 is 10.7. The lowest BCUT2D eigenvalue weighted by Crippen LogP contribution is -2.00. The highest BCUT2D eigenvalue weighted by Crippen LogP contribution is 2.39. The Morgan fingerprint density at radius 3 is 2.30 bits per heavy atom. The molecule has 0 spiro atoms. The van der Waals surface area contributed by atoms with Gasteiger partial charge >= 0.3 is 0 Å². The summed E-state index contributed by atoms with van der Waals surface area (Å²) in [7, 11) is 3.14. The highest BCUT2D eigenvalue weighted by molar-refractivity contribution is 6.01. The number of aromatic nitrogens is 1. The standard InChI is InChI=1S/C18H15N3O2/c1-22-15-8-12-14(9-16(15)23-2)21-18(20)13(10-19)17(12)11-6-4-3-5-7-11/h3-9H,1-2H3,(H2,20,21). The van der Waals surface area contributed by atoms with Crippen LogP contribution >= 0.6 is 0 Å². The van der Waals surface area contributed by atoms with Gasteiger partial charge in [0.2, 0.25) is 0 Å². The van der Waals surface area contributed by atoms with Crippen molar-refractivity contribution in [1.82, 2.24) is 4.98 Å². The molecule has 0 saturated heterocycles. The molecule has 0 fully saturated rings. The van der Waals surface area contributed by atoms with E-state index < -0.39 is 0 Å². The molecule has 114 valence electrons. The fourth-order valence-electron chi connectivity index (χ4n) is 2.63. The Kier molecular flexibility index (Phi) is 3.73. The SMILES string of the molecule is COc1cc2nc(N)c(C#N)c(-c3ccccc3)c2cc1OC. The van der Waals surface area contributed by atoms with Crippen molar-refractivity contribution in [2.24, 2.45) is 0 Å². The van der Waals surface area contributed by atoms with E-state index in [0.717, 1.165) is 16.5 Å². The maximum atomic E-state index is 9.52. The number of ether oxygens (including phenoxy) is 2. The predicted octanol–water partition coefficient (Wildman–Crippen LogP) is 3.37. The van der Waals surface area contributed by atoms with Crippen LogP contribution in [0.4, 0.5) is 5.82 Å². The Balaban J connectivity index is 2.46. The Hall–Kier alpha value is -3.26. The van der Waals surface area contributed by atoms with Gasteiger partial charge in [0.25, 0.3) is 0 Å². The molecule has 0 atom stereocenters. The van der Waals surface area contributed by atoms with Gasteiger partial charge < -0.3 is 15.2 Å². The van der Waals surface area contributed by atoms with E-state index >= 15 is 0 Å². The minimum Gasteiger partial charge on any atom is -0.493 e. The molecule has 0 aliphatic carbocycles. The molecule has 5 heteroatoms. The monoisotopic (exact) mass is 305 g/mol. The number of benzene rings is 2. The van der Waals surface area contributed by atoms with Gasteiger partial charge in [0.15, 0.2) is 11.5 Å². The van der Waals surface area contributed by atoms with Crippen LogP contribution in [0, 0.1) is 11.3 Å². The van der Waals surface area contributed by atoms with E-state index in [1.165, 1.54) is 0 Å². The molecule has 1 heterocycles. The molecule has 0 radical (unpaired) electrons. The molecular weight excluding hydrogens is 290 g/mol. The van der Waals surface area contributed by atoms with E-state index in [1.807, 2.05) is 36.4 Å². The van der Waals surface area contributed by atoms with Crippen molar-refractivity contribution in [2.45, 2.75) is 0 Å². The third kappa shape index (κ3) is 2.40. The topological polar surface area (TPSA) is 81.2 Å². The summed E-state index contributed by atoms with van der Waals surface area (Å²) in [6, 6.07) is 15.4. The third-order valence-corrected chi connectivity index (χ3v) is 3.69. The second-order valence-electron chi connectivity index (χ2n) is 4.95. The van der Waals surface area contributed by atoms with E-state index in [4.69, 9.17) is 15.2 Å². The molecular formula is C18H15N3O2. The predicted molar refractivity (Wildman–Crippen MR) is 89.4 cm³/mol. The van der Waals surface area contributed by atoms with Crippen LogP contribution in [0.5, 0.6) is 11.5 Å². The lowest BCUT2D eigenvalue weighted by molar-refractivity contribution is 0.356. The summed E-state index contributed by atoms with van der Waals surface area (Å²) in [6.07, 6.45) is 0. The third-order valence-electron chi connectivity index (χ3n) is 3.69. The number of nitrogens with two attached hydrogens (primary N) is 1. The van der Waals surface area contributed by atoms with Gasteiger partial charge in [-0.15, -0.1) is 0 Å². The molecule has 0 saturated carbocycles. The van der Waals surface area contributed by atoms with Crippen molar-refractivity contribution in [3.63, 3.8) is 0 Å². The van der Waals surface area contributed by atoms with Gasteiger partial charge in [0, 0.05) is 17.0 Å². The zero-order chi connectivity index (χ0) is 16.4. The van der Waals surface area contributed by atoms with Crippen LogP contribution < -0.4 is 15.2 Å². The molecule has 0 unspecified atom stereocenters. The first kappa shape index (κ1) is 14.7. The first-order valence-electron chi connectivity index (χ1n) is 7.00. The minimum atomic E-state index is 0.200. The second kappa shape index (κ2) is 5.85. The van der Waals surface area contributed by atoms with E-state index in [-0.39, 0.29) is 5.82 Å². The van der Waals surface area contributed by atoms with Crippen molar-refractivity contribution in [1.29, 1.82) is 5.26 Å². The van der Waals surface area contributed by atoms with Crippen LogP contribution in [0.15, 0.2) is 42.5 Å². The number of anilines is 1. The molecule has 2 aromatic carbocycles. The minimum absolute atomic E-state index is 0.200. The summed E-state index contributed by atoms with van der Waals surface area (Å²) in [6.45, 7) is 0.